The molecular weight excluding hydrogens is 454 g/mol. The Morgan fingerprint density at radius 3 is 2.49 bits per heavy atom. The molecule has 2 rings (SSSR count). The van der Waals surface area contributed by atoms with Crippen LogP contribution in [0.25, 0.3) is 0 Å². The fraction of sp³-hybridized carbons (Fsp3) is 0.600. The van der Waals surface area contributed by atoms with Crippen molar-refractivity contribution < 1.29 is 33.4 Å². The minimum absolute atomic E-state index is 0.185. The van der Waals surface area contributed by atoms with Crippen LogP contribution in [-0.4, -0.2) is 66.8 Å². The molecule has 0 radical (unpaired) electrons. The maximum Gasteiger partial charge on any atom is 0.410 e. The number of methoxy groups -OCH3 is 1. The average molecular weight is 492 g/mol. The summed E-state index contributed by atoms with van der Waals surface area (Å²) in [4.78, 5) is 50.8. The number of likely N-dealkylation sites (tertiary alicyclic amines) is 1. The van der Waals surface area contributed by atoms with E-state index >= 15 is 0 Å². The van der Waals surface area contributed by atoms with E-state index in [1.807, 2.05) is 30.3 Å². The number of benzene rings is 1. The van der Waals surface area contributed by atoms with Gasteiger partial charge in [-0.2, -0.15) is 0 Å². The molecule has 1 aromatic rings. The number of unbranched alkanes of at least 4 members (excludes halogenated alkanes) is 1. The molecule has 0 bridgehead atoms. The van der Waals surface area contributed by atoms with E-state index in [1.165, 1.54) is 12.0 Å². The van der Waals surface area contributed by atoms with Gasteiger partial charge in [0.15, 0.2) is 0 Å². The zero-order valence-corrected chi connectivity index (χ0v) is 21.0. The van der Waals surface area contributed by atoms with Crippen molar-refractivity contribution in [2.75, 3.05) is 20.2 Å². The predicted molar refractivity (Wildman–Crippen MR) is 128 cm³/mol. The van der Waals surface area contributed by atoms with Gasteiger partial charge in [-0.3, -0.25) is 9.69 Å². The number of hydrogen-bond donors (Lipinski definition) is 2. The molecule has 10 nitrogen and oxygen atoms in total. The van der Waals surface area contributed by atoms with Crippen LogP contribution in [0.5, 0.6) is 0 Å². The van der Waals surface area contributed by atoms with E-state index in [0.29, 0.717) is 45.2 Å². The minimum atomic E-state index is -0.849. The smallest absolute Gasteiger partial charge is 0.410 e. The molecule has 1 saturated heterocycles. The third-order valence-electron chi connectivity index (χ3n) is 5.39. The van der Waals surface area contributed by atoms with Crippen molar-refractivity contribution in [3.8, 4) is 0 Å². The second kappa shape index (κ2) is 13.6. The summed E-state index contributed by atoms with van der Waals surface area (Å²) in [5.74, 6) is -0.971. The number of ether oxygens (including phenoxy) is 3. The van der Waals surface area contributed by atoms with Gasteiger partial charge in [0.25, 0.3) is 0 Å². The van der Waals surface area contributed by atoms with Gasteiger partial charge in [0.05, 0.1) is 7.11 Å². The molecule has 2 N–H and O–H groups in total. The Labute approximate surface area is 206 Å². The first-order valence-corrected chi connectivity index (χ1v) is 11.9. The van der Waals surface area contributed by atoms with Crippen LogP contribution >= 0.6 is 0 Å². The second-order valence-corrected chi connectivity index (χ2v) is 9.40. The van der Waals surface area contributed by atoms with Gasteiger partial charge in [0.1, 0.15) is 24.3 Å². The zero-order valence-electron chi connectivity index (χ0n) is 21.0. The summed E-state index contributed by atoms with van der Waals surface area (Å²) in [6.07, 6.45) is 1.57. The van der Waals surface area contributed by atoms with E-state index in [4.69, 9.17) is 14.2 Å². The summed E-state index contributed by atoms with van der Waals surface area (Å²) in [5.41, 5.74) is 0.226. The number of carbonyl (C=O) groups excluding carboxylic acids is 4. The van der Waals surface area contributed by atoms with Crippen molar-refractivity contribution in [3.05, 3.63) is 35.9 Å². The minimum Gasteiger partial charge on any atom is -0.467 e. The average Bonchev–Trinajstić information content (AvgIpc) is 3.31. The highest BCUT2D eigenvalue weighted by Gasteiger charge is 2.38. The molecule has 1 heterocycles. The summed E-state index contributed by atoms with van der Waals surface area (Å²) in [6, 6.07) is 7.82. The van der Waals surface area contributed by atoms with Crippen molar-refractivity contribution in [1.82, 2.24) is 15.5 Å². The number of alkyl carbamates (subject to hydrolysis) is 1. The number of hydrogen-bond acceptors (Lipinski definition) is 7. The van der Waals surface area contributed by atoms with Crippen LogP contribution in [-0.2, 0) is 30.4 Å². The summed E-state index contributed by atoms with van der Waals surface area (Å²) >= 11 is 0. The standard InChI is InChI=1S/C25H37N3O7/c1-25(2,3)35-24(32)28-16-10-14-20(28)21(29)27-19(22(30)33-4)13-8-9-15-26-23(31)34-17-18-11-6-5-7-12-18/h5-7,11-12,19-20H,8-10,13-17H2,1-4H3,(H,26,31)(H,27,29)/t19-,20?/m0/s1. The van der Waals surface area contributed by atoms with Crippen molar-refractivity contribution in [3.63, 3.8) is 0 Å². The van der Waals surface area contributed by atoms with Gasteiger partial charge < -0.3 is 24.8 Å². The molecule has 2 atom stereocenters. The van der Waals surface area contributed by atoms with Gasteiger partial charge in [-0.05, 0) is 58.4 Å². The summed E-state index contributed by atoms with van der Waals surface area (Å²) < 4.78 is 15.4. The molecule has 0 saturated carbocycles. The number of amides is 3. The lowest BCUT2D eigenvalue weighted by Crippen LogP contribution is -2.51. The van der Waals surface area contributed by atoms with E-state index < -0.39 is 41.7 Å². The van der Waals surface area contributed by atoms with Gasteiger partial charge >= 0.3 is 18.2 Å². The molecule has 1 aliphatic heterocycles. The van der Waals surface area contributed by atoms with Crippen LogP contribution in [0.4, 0.5) is 9.59 Å². The molecule has 1 unspecified atom stereocenters. The first kappa shape index (κ1) is 27.9. The van der Waals surface area contributed by atoms with Gasteiger partial charge in [-0.15, -0.1) is 0 Å². The largest absolute Gasteiger partial charge is 0.467 e. The van der Waals surface area contributed by atoms with Gasteiger partial charge in [0.2, 0.25) is 5.91 Å². The van der Waals surface area contributed by atoms with Gasteiger partial charge in [0, 0.05) is 13.1 Å². The molecule has 1 fully saturated rings. The number of esters is 1. The van der Waals surface area contributed by atoms with Crippen molar-refractivity contribution in [2.45, 2.75) is 77.2 Å². The monoisotopic (exact) mass is 491 g/mol. The van der Waals surface area contributed by atoms with Crippen LogP contribution in [0, 0.1) is 0 Å². The second-order valence-electron chi connectivity index (χ2n) is 9.40. The molecule has 1 aromatic carbocycles. The molecule has 0 aliphatic carbocycles. The number of nitrogens with zero attached hydrogens (tertiary/aromatic N) is 1. The SMILES string of the molecule is COC(=O)[C@H](CCCCNC(=O)OCc1ccccc1)NC(=O)C1CCCN1C(=O)OC(C)(C)C. The van der Waals surface area contributed by atoms with E-state index in [-0.39, 0.29) is 6.61 Å². The first-order valence-electron chi connectivity index (χ1n) is 11.9. The maximum absolute atomic E-state index is 12.9. The third kappa shape index (κ3) is 9.84. The molecular formula is C25H37N3O7. The van der Waals surface area contributed by atoms with Crippen LogP contribution in [0.15, 0.2) is 30.3 Å². The Morgan fingerprint density at radius 2 is 1.83 bits per heavy atom. The normalized spacial score (nSPS) is 16.2. The Morgan fingerprint density at radius 1 is 1.11 bits per heavy atom. The Balaban J connectivity index is 1.76. The molecule has 1 aliphatic rings. The molecule has 3 amide bonds. The highest BCUT2D eigenvalue weighted by molar-refractivity contribution is 5.90. The van der Waals surface area contributed by atoms with Crippen LogP contribution in [0.2, 0.25) is 0 Å². The summed E-state index contributed by atoms with van der Waals surface area (Å²) in [5, 5.41) is 5.39. The molecule has 10 heteroatoms. The van der Waals surface area contributed by atoms with Crippen molar-refractivity contribution in [2.24, 2.45) is 0 Å². The highest BCUT2D eigenvalue weighted by atomic mass is 16.6. The number of nitrogens with one attached hydrogen (secondary N) is 2. The lowest BCUT2D eigenvalue weighted by molar-refractivity contribution is -0.145. The zero-order chi connectivity index (χ0) is 25.8. The third-order valence-corrected chi connectivity index (χ3v) is 5.39. The number of carbonyl (C=O) groups is 4. The van der Waals surface area contributed by atoms with Crippen LogP contribution in [0.1, 0.15) is 58.4 Å². The molecule has 0 aromatic heterocycles. The Bertz CT molecular complexity index is 854. The topological polar surface area (TPSA) is 123 Å². The summed E-state index contributed by atoms with van der Waals surface area (Å²) in [6.45, 7) is 6.26. The maximum atomic E-state index is 12.9. The van der Waals surface area contributed by atoms with E-state index in [1.54, 1.807) is 20.8 Å². The van der Waals surface area contributed by atoms with Crippen LogP contribution in [0.3, 0.4) is 0 Å². The van der Waals surface area contributed by atoms with Crippen LogP contribution < -0.4 is 10.6 Å². The first-order chi connectivity index (χ1) is 16.6. The predicted octanol–water partition coefficient (Wildman–Crippen LogP) is 3.14. The fourth-order valence-electron chi connectivity index (χ4n) is 3.68. The van der Waals surface area contributed by atoms with Gasteiger partial charge in [-0.1, -0.05) is 30.3 Å². The fourth-order valence-corrected chi connectivity index (χ4v) is 3.68. The van der Waals surface area contributed by atoms with E-state index in [0.717, 1.165) is 5.56 Å². The number of rotatable bonds is 10. The molecule has 35 heavy (non-hydrogen) atoms. The quantitative estimate of drug-likeness (QED) is 0.293. The Hall–Kier alpha value is -3.30. The summed E-state index contributed by atoms with van der Waals surface area (Å²) in [7, 11) is 1.26. The van der Waals surface area contributed by atoms with Crippen molar-refractivity contribution >= 4 is 24.1 Å². The lowest BCUT2D eigenvalue weighted by Gasteiger charge is -2.28. The van der Waals surface area contributed by atoms with Gasteiger partial charge in [-0.25, -0.2) is 14.4 Å². The lowest BCUT2D eigenvalue weighted by atomic mass is 10.1. The highest BCUT2D eigenvalue weighted by Crippen LogP contribution is 2.21. The van der Waals surface area contributed by atoms with E-state index in [2.05, 4.69) is 10.6 Å². The Kier molecular flexibility index (Phi) is 10.8. The molecule has 194 valence electrons. The van der Waals surface area contributed by atoms with E-state index in [9.17, 15) is 19.2 Å². The molecule has 0 spiro atoms. The van der Waals surface area contributed by atoms with Crippen molar-refractivity contribution in [1.29, 1.82) is 0 Å².